The Bertz CT molecular complexity index is 2520. The lowest BCUT2D eigenvalue weighted by Gasteiger charge is -2.24. The third kappa shape index (κ3) is 3.57. The second kappa shape index (κ2) is 9.80. The van der Waals surface area contributed by atoms with Gasteiger partial charge in [0.15, 0.2) is 0 Å². The maximum absolute atomic E-state index is 6.61. The molecular formula is C45H34O. The smallest absolute Gasteiger partial charge is 0.142 e. The maximum Gasteiger partial charge on any atom is 0.142 e. The van der Waals surface area contributed by atoms with Crippen LogP contribution in [0.15, 0.2) is 132 Å². The van der Waals surface area contributed by atoms with Crippen LogP contribution >= 0.6 is 0 Å². The number of allylic oxidation sites excluding steroid dienone is 1. The highest BCUT2D eigenvalue weighted by Crippen LogP contribution is 2.55. The Hall–Kier alpha value is -5.40. The largest absolute Gasteiger partial charge is 0.456 e. The number of furan rings is 1. The molecule has 1 aliphatic rings. The van der Waals surface area contributed by atoms with E-state index in [0.717, 1.165) is 22.3 Å². The van der Waals surface area contributed by atoms with Crippen molar-refractivity contribution in [2.24, 2.45) is 0 Å². The minimum absolute atomic E-state index is 0.103. The molecule has 46 heavy (non-hydrogen) atoms. The van der Waals surface area contributed by atoms with Crippen molar-refractivity contribution >= 4 is 49.4 Å². The van der Waals surface area contributed by atoms with Gasteiger partial charge in [-0.1, -0.05) is 135 Å². The van der Waals surface area contributed by atoms with E-state index in [-0.39, 0.29) is 5.41 Å². The molecule has 8 aromatic rings. The summed E-state index contributed by atoms with van der Waals surface area (Å²) in [5.41, 5.74) is 12.5. The predicted octanol–water partition coefficient (Wildman–Crippen LogP) is 12.9. The molecule has 0 amide bonds. The molecule has 0 fully saturated rings. The topological polar surface area (TPSA) is 13.1 Å². The van der Waals surface area contributed by atoms with Gasteiger partial charge in [-0.3, -0.25) is 0 Å². The van der Waals surface area contributed by atoms with Gasteiger partial charge in [-0.25, -0.2) is 0 Å². The van der Waals surface area contributed by atoms with Crippen LogP contribution in [0.3, 0.4) is 0 Å². The van der Waals surface area contributed by atoms with Crippen LogP contribution in [0, 0.1) is 6.92 Å². The number of aryl methyl sites for hydroxylation is 1. The Labute approximate surface area is 269 Å². The zero-order valence-corrected chi connectivity index (χ0v) is 26.6. The molecule has 0 saturated carbocycles. The SMILES string of the molecule is C/C=C\c1oc2c(-c3c4ccccc4c(-c4cc5c(c6ccccc46)-c4ccccc4C5(C)C)c4ccccc34)cccc2c1C. The van der Waals surface area contributed by atoms with Gasteiger partial charge in [0, 0.05) is 27.5 Å². The molecular weight excluding hydrogens is 556 g/mol. The van der Waals surface area contributed by atoms with Crippen LogP contribution in [0.25, 0.3) is 82.7 Å². The number of benzene rings is 7. The lowest BCUT2D eigenvalue weighted by Crippen LogP contribution is -2.15. The van der Waals surface area contributed by atoms with Crippen molar-refractivity contribution in [1.29, 1.82) is 0 Å². The van der Waals surface area contributed by atoms with Crippen molar-refractivity contribution in [3.63, 3.8) is 0 Å². The highest BCUT2D eigenvalue weighted by atomic mass is 16.3. The van der Waals surface area contributed by atoms with Crippen molar-refractivity contribution < 1.29 is 4.42 Å². The predicted molar refractivity (Wildman–Crippen MR) is 197 cm³/mol. The Morgan fingerprint density at radius 2 is 1.00 bits per heavy atom. The summed E-state index contributed by atoms with van der Waals surface area (Å²) < 4.78 is 6.61. The Balaban J connectivity index is 1.43. The molecule has 1 aromatic heterocycles. The van der Waals surface area contributed by atoms with Gasteiger partial charge in [0.05, 0.1) is 0 Å². The van der Waals surface area contributed by atoms with Crippen molar-refractivity contribution in [3.8, 4) is 33.4 Å². The first-order valence-electron chi connectivity index (χ1n) is 16.2. The average molecular weight is 591 g/mol. The van der Waals surface area contributed by atoms with Gasteiger partial charge in [-0.2, -0.15) is 0 Å². The summed E-state index contributed by atoms with van der Waals surface area (Å²) in [7, 11) is 0. The first-order valence-corrected chi connectivity index (χ1v) is 16.2. The highest BCUT2D eigenvalue weighted by Gasteiger charge is 2.37. The number of hydrogen-bond acceptors (Lipinski definition) is 1. The van der Waals surface area contributed by atoms with Crippen LogP contribution in [0.4, 0.5) is 0 Å². The molecule has 220 valence electrons. The van der Waals surface area contributed by atoms with Crippen LogP contribution in [0.1, 0.15) is 43.2 Å². The second-order valence-corrected chi connectivity index (χ2v) is 13.2. The minimum atomic E-state index is -0.103. The second-order valence-electron chi connectivity index (χ2n) is 13.2. The normalized spacial score (nSPS) is 13.7. The van der Waals surface area contributed by atoms with Crippen LogP contribution in [-0.2, 0) is 5.41 Å². The average Bonchev–Trinajstić information content (AvgIpc) is 3.53. The van der Waals surface area contributed by atoms with E-state index in [0.29, 0.717) is 0 Å². The van der Waals surface area contributed by atoms with Crippen molar-refractivity contribution in [2.75, 3.05) is 0 Å². The number of hydrogen-bond donors (Lipinski definition) is 0. The molecule has 0 atom stereocenters. The molecule has 0 spiro atoms. The third-order valence-electron chi connectivity index (χ3n) is 10.4. The van der Waals surface area contributed by atoms with Gasteiger partial charge < -0.3 is 4.42 Å². The molecule has 9 rings (SSSR count). The summed E-state index contributed by atoms with van der Waals surface area (Å²) in [6.45, 7) is 8.95. The molecule has 0 N–H and O–H groups in total. The molecule has 1 nitrogen and oxygen atoms in total. The Morgan fingerprint density at radius 3 is 1.63 bits per heavy atom. The van der Waals surface area contributed by atoms with Crippen LogP contribution in [0.5, 0.6) is 0 Å². The van der Waals surface area contributed by atoms with E-state index in [9.17, 15) is 0 Å². The summed E-state index contributed by atoms with van der Waals surface area (Å²) in [4.78, 5) is 0. The summed E-state index contributed by atoms with van der Waals surface area (Å²) in [5, 5.41) is 8.74. The van der Waals surface area contributed by atoms with Gasteiger partial charge in [-0.15, -0.1) is 0 Å². The fraction of sp³-hybridized carbons (Fsp3) is 0.111. The molecule has 1 heteroatoms. The molecule has 0 bridgehead atoms. The van der Waals surface area contributed by atoms with Crippen LogP contribution < -0.4 is 0 Å². The molecule has 0 radical (unpaired) electrons. The molecule has 1 heterocycles. The summed E-state index contributed by atoms with van der Waals surface area (Å²) in [6.07, 6.45) is 4.11. The van der Waals surface area contributed by atoms with Gasteiger partial charge in [-0.05, 0) is 91.7 Å². The third-order valence-corrected chi connectivity index (χ3v) is 10.4. The van der Waals surface area contributed by atoms with Crippen LogP contribution in [0.2, 0.25) is 0 Å². The Morgan fingerprint density at radius 1 is 0.500 bits per heavy atom. The summed E-state index contributed by atoms with van der Waals surface area (Å²) in [5.74, 6) is 0.920. The Kier molecular flexibility index (Phi) is 5.74. The van der Waals surface area contributed by atoms with E-state index in [2.05, 4.69) is 148 Å². The zero-order valence-electron chi connectivity index (χ0n) is 26.6. The lowest BCUT2D eigenvalue weighted by molar-refractivity contribution is 0.602. The zero-order chi connectivity index (χ0) is 31.2. The highest BCUT2D eigenvalue weighted by molar-refractivity contribution is 6.26. The maximum atomic E-state index is 6.61. The van der Waals surface area contributed by atoms with Gasteiger partial charge >= 0.3 is 0 Å². The fourth-order valence-corrected chi connectivity index (χ4v) is 8.23. The monoisotopic (exact) mass is 590 g/mol. The van der Waals surface area contributed by atoms with Crippen molar-refractivity contribution in [3.05, 3.63) is 150 Å². The summed E-state index contributed by atoms with van der Waals surface area (Å²) in [6, 6.07) is 44.9. The minimum Gasteiger partial charge on any atom is -0.456 e. The molecule has 0 aliphatic heterocycles. The first kappa shape index (κ1) is 27.0. The molecule has 0 unspecified atom stereocenters. The van der Waals surface area contributed by atoms with E-state index >= 15 is 0 Å². The van der Waals surface area contributed by atoms with E-state index in [1.807, 2.05) is 13.0 Å². The lowest BCUT2D eigenvalue weighted by atomic mass is 9.79. The molecule has 0 saturated heterocycles. The van der Waals surface area contributed by atoms with Gasteiger partial charge in [0.2, 0.25) is 0 Å². The molecule has 1 aliphatic carbocycles. The van der Waals surface area contributed by atoms with Gasteiger partial charge in [0.1, 0.15) is 11.3 Å². The quantitative estimate of drug-likeness (QED) is 0.187. The summed E-state index contributed by atoms with van der Waals surface area (Å²) >= 11 is 0. The van der Waals surface area contributed by atoms with Crippen LogP contribution in [-0.4, -0.2) is 0 Å². The standard InChI is InChI=1S/C45H34O/c1-5-15-40-27(2)28-23-14-24-36(44(28)46-40)41-31-18-8-10-20-33(31)42(34-21-11-9-19-32(34)41)37-26-39-43(30-17-7-6-16-29(30)37)35-22-12-13-25-38(35)45(39,3)4/h5-26H,1-4H3/b15-5-. The number of rotatable bonds is 3. The van der Waals surface area contributed by atoms with E-state index in [1.54, 1.807) is 0 Å². The van der Waals surface area contributed by atoms with Crippen molar-refractivity contribution in [1.82, 2.24) is 0 Å². The van der Waals surface area contributed by atoms with E-state index in [1.165, 1.54) is 76.8 Å². The van der Waals surface area contributed by atoms with Crippen molar-refractivity contribution in [2.45, 2.75) is 33.1 Å². The molecule has 7 aromatic carbocycles. The fourth-order valence-electron chi connectivity index (χ4n) is 8.23. The van der Waals surface area contributed by atoms with E-state index in [4.69, 9.17) is 4.42 Å². The first-order chi connectivity index (χ1) is 22.5. The number of fused-ring (bicyclic) bond motifs is 8. The van der Waals surface area contributed by atoms with E-state index < -0.39 is 0 Å². The van der Waals surface area contributed by atoms with Gasteiger partial charge in [0.25, 0.3) is 0 Å². The number of para-hydroxylation sites is 1.